The van der Waals surface area contributed by atoms with E-state index in [0.717, 1.165) is 11.5 Å². The topological polar surface area (TPSA) is 30.8 Å². The standard InChI is InChI=1S/C12H15NO2.C7H8.C2H4/c1-9-13-11(8-14-2)12(15-9)10-6-4-3-5-7-10;1-7-5-3-2-4-6-7;1-2/h3-7,11-12H,8H2,1-2H3;2-6H,1H3;1-2H2. The number of hydrogen-bond acceptors (Lipinski definition) is 3. The first kappa shape index (κ1) is 19.7. The van der Waals surface area contributed by atoms with E-state index in [0.29, 0.717) is 6.61 Å². The van der Waals surface area contributed by atoms with Crippen LogP contribution in [0.3, 0.4) is 0 Å². The third-order valence-corrected chi connectivity index (χ3v) is 3.40. The fraction of sp³-hybridized carbons (Fsp3) is 0.286. The molecule has 0 N–H and O–H groups in total. The molecule has 0 amide bonds. The van der Waals surface area contributed by atoms with Gasteiger partial charge in [0, 0.05) is 14.0 Å². The molecule has 2 atom stereocenters. The molecule has 2 aromatic carbocycles. The highest BCUT2D eigenvalue weighted by atomic mass is 16.5. The first-order valence-electron chi connectivity index (χ1n) is 7.97. The summed E-state index contributed by atoms with van der Waals surface area (Å²) < 4.78 is 10.8. The van der Waals surface area contributed by atoms with Crippen molar-refractivity contribution in [2.75, 3.05) is 13.7 Å². The van der Waals surface area contributed by atoms with Gasteiger partial charge < -0.3 is 9.47 Å². The van der Waals surface area contributed by atoms with Crippen LogP contribution >= 0.6 is 0 Å². The number of benzene rings is 2. The number of aryl methyl sites for hydroxylation is 1. The maximum atomic E-state index is 5.68. The molecule has 1 heterocycles. The van der Waals surface area contributed by atoms with E-state index >= 15 is 0 Å². The monoisotopic (exact) mass is 325 g/mol. The summed E-state index contributed by atoms with van der Waals surface area (Å²) in [6.07, 6.45) is 0.00569. The van der Waals surface area contributed by atoms with Crippen molar-refractivity contribution in [3.05, 3.63) is 84.9 Å². The Morgan fingerprint density at radius 1 is 0.958 bits per heavy atom. The van der Waals surface area contributed by atoms with E-state index in [4.69, 9.17) is 9.47 Å². The van der Waals surface area contributed by atoms with Crippen LogP contribution in [0.4, 0.5) is 0 Å². The molecule has 0 spiro atoms. The molecule has 128 valence electrons. The summed E-state index contributed by atoms with van der Waals surface area (Å²) in [4.78, 5) is 4.41. The Bertz CT molecular complexity index is 596. The van der Waals surface area contributed by atoms with E-state index in [1.807, 2.05) is 43.3 Å². The molecule has 0 saturated heterocycles. The van der Waals surface area contributed by atoms with Gasteiger partial charge in [-0.3, -0.25) is 0 Å². The van der Waals surface area contributed by atoms with E-state index in [9.17, 15) is 0 Å². The van der Waals surface area contributed by atoms with Gasteiger partial charge in [-0.2, -0.15) is 0 Å². The minimum atomic E-state index is 0.00569. The minimum Gasteiger partial charge on any atom is -0.471 e. The van der Waals surface area contributed by atoms with Gasteiger partial charge in [-0.1, -0.05) is 66.2 Å². The molecule has 3 rings (SSSR count). The molecular formula is C21H27NO2. The molecule has 3 nitrogen and oxygen atoms in total. The number of aliphatic imine (C=N–C) groups is 1. The first-order valence-corrected chi connectivity index (χ1v) is 7.97. The summed E-state index contributed by atoms with van der Waals surface area (Å²) in [6, 6.07) is 20.5. The zero-order valence-electron chi connectivity index (χ0n) is 14.8. The van der Waals surface area contributed by atoms with Gasteiger partial charge in [-0.25, -0.2) is 4.99 Å². The predicted octanol–water partition coefficient (Wildman–Crippen LogP) is 4.99. The minimum absolute atomic E-state index is 0.00569. The molecule has 0 aromatic heterocycles. The van der Waals surface area contributed by atoms with Crippen LogP contribution in [-0.2, 0) is 9.47 Å². The zero-order chi connectivity index (χ0) is 17.8. The van der Waals surface area contributed by atoms with Crippen molar-refractivity contribution in [2.45, 2.75) is 26.0 Å². The smallest absolute Gasteiger partial charge is 0.181 e. The maximum Gasteiger partial charge on any atom is 0.181 e. The molecule has 0 radical (unpaired) electrons. The SMILES string of the molecule is C=C.COCC1N=C(C)OC1c1ccccc1.Cc1ccccc1. The summed E-state index contributed by atoms with van der Waals surface area (Å²) in [5.41, 5.74) is 2.47. The van der Waals surface area contributed by atoms with Crippen LogP contribution in [0.25, 0.3) is 0 Å². The van der Waals surface area contributed by atoms with Crippen molar-refractivity contribution < 1.29 is 9.47 Å². The fourth-order valence-corrected chi connectivity index (χ4v) is 2.36. The highest BCUT2D eigenvalue weighted by molar-refractivity contribution is 5.75. The van der Waals surface area contributed by atoms with E-state index in [2.05, 4.69) is 49.3 Å². The molecule has 0 saturated carbocycles. The van der Waals surface area contributed by atoms with E-state index < -0.39 is 0 Å². The molecule has 0 fully saturated rings. The third-order valence-electron chi connectivity index (χ3n) is 3.40. The van der Waals surface area contributed by atoms with Crippen LogP contribution in [0.1, 0.15) is 24.2 Å². The highest BCUT2D eigenvalue weighted by Crippen LogP contribution is 2.28. The number of hydrogen-bond donors (Lipinski definition) is 0. The average Bonchev–Trinajstić information content (AvgIpc) is 3.00. The summed E-state index contributed by atoms with van der Waals surface area (Å²) in [5.74, 6) is 0.742. The molecule has 2 aromatic rings. The third kappa shape index (κ3) is 6.39. The van der Waals surface area contributed by atoms with Crippen molar-refractivity contribution in [2.24, 2.45) is 4.99 Å². The highest BCUT2D eigenvalue weighted by Gasteiger charge is 2.30. The van der Waals surface area contributed by atoms with Crippen molar-refractivity contribution in [1.82, 2.24) is 0 Å². The van der Waals surface area contributed by atoms with Gasteiger partial charge >= 0.3 is 0 Å². The normalized spacial score (nSPS) is 18.2. The predicted molar refractivity (Wildman–Crippen MR) is 101 cm³/mol. The number of rotatable bonds is 3. The molecule has 2 unspecified atom stereocenters. The Hall–Kier alpha value is -2.39. The Morgan fingerprint density at radius 2 is 1.50 bits per heavy atom. The molecule has 24 heavy (non-hydrogen) atoms. The van der Waals surface area contributed by atoms with Gasteiger partial charge in [0.1, 0.15) is 12.1 Å². The van der Waals surface area contributed by atoms with Crippen molar-refractivity contribution in [1.29, 1.82) is 0 Å². The molecule has 0 bridgehead atoms. The first-order chi connectivity index (χ1) is 11.7. The lowest BCUT2D eigenvalue weighted by atomic mass is 10.0. The maximum absolute atomic E-state index is 5.68. The Kier molecular flexibility index (Phi) is 9.17. The van der Waals surface area contributed by atoms with Crippen LogP contribution in [-0.4, -0.2) is 25.7 Å². The largest absolute Gasteiger partial charge is 0.471 e. The lowest BCUT2D eigenvalue weighted by Gasteiger charge is -2.16. The van der Waals surface area contributed by atoms with Crippen LogP contribution in [0.2, 0.25) is 0 Å². The Labute approximate surface area is 145 Å². The lowest BCUT2D eigenvalue weighted by Crippen LogP contribution is -2.19. The van der Waals surface area contributed by atoms with E-state index in [-0.39, 0.29) is 12.1 Å². The van der Waals surface area contributed by atoms with Crippen LogP contribution in [0.15, 0.2) is 78.8 Å². The second-order valence-corrected chi connectivity index (χ2v) is 5.27. The zero-order valence-corrected chi connectivity index (χ0v) is 14.8. The van der Waals surface area contributed by atoms with Crippen LogP contribution in [0.5, 0.6) is 0 Å². The second-order valence-electron chi connectivity index (χ2n) is 5.27. The summed E-state index contributed by atoms with van der Waals surface area (Å²) in [5, 5.41) is 0. The van der Waals surface area contributed by atoms with E-state index in [1.165, 1.54) is 5.56 Å². The molecule has 3 heteroatoms. The fourth-order valence-electron chi connectivity index (χ4n) is 2.36. The average molecular weight is 325 g/mol. The van der Waals surface area contributed by atoms with Crippen molar-refractivity contribution in [3.63, 3.8) is 0 Å². The lowest BCUT2D eigenvalue weighted by molar-refractivity contribution is 0.119. The summed E-state index contributed by atoms with van der Waals surface area (Å²) in [6.45, 7) is 10.6. The van der Waals surface area contributed by atoms with E-state index in [1.54, 1.807) is 7.11 Å². The summed E-state index contributed by atoms with van der Waals surface area (Å²) >= 11 is 0. The van der Waals surface area contributed by atoms with Gasteiger partial charge in [0.25, 0.3) is 0 Å². The second kappa shape index (κ2) is 11.2. The number of methoxy groups -OCH3 is 1. The van der Waals surface area contributed by atoms with Gasteiger partial charge in [-0.15, -0.1) is 13.2 Å². The quantitative estimate of drug-likeness (QED) is 0.744. The number of ether oxygens (including phenoxy) is 2. The van der Waals surface area contributed by atoms with Gasteiger partial charge in [-0.05, 0) is 12.5 Å². The molecule has 1 aliphatic heterocycles. The van der Waals surface area contributed by atoms with Crippen LogP contribution < -0.4 is 0 Å². The van der Waals surface area contributed by atoms with Gasteiger partial charge in [0.15, 0.2) is 5.90 Å². The molecule has 0 aliphatic carbocycles. The van der Waals surface area contributed by atoms with Crippen molar-refractivity contribution >= 4 is 5.90 Å². The van der Waals surface area contributed by atoms with Gasteiger partial charge in [0.2, 0.25) is 0 Å². The number of nitrogens with zero attached hydrogens (tertiary/aromatic N) is 1. The molecular weight excluding hydrogens is 298 g/mol. The Balaban J connectivity index is 0.000000268. The Morgan fingerprint density at radius 3 is 1.96 bits per heavy atom. The summed E-state index contributed by atoms with van der Waals surface area (Å²) in [7, 11) is 1.69. The van der Waals surface area contributed by atoms with Gasteiger partial charge in [0.05, 0.1) is 6.61 Å². The molecule has 1 aliphatic rings. The van der Waals surface area contributed by atoms with Crippen LogP contribution in [0, 0.1) is 6.92 Å². The van der Waals surface area contributed by atoms with Crippen molar-refractivity contribution in [3.8, 4) is 0 Å².